The van der Waals surface area contributed by atoms with Crippen molar-refractivity contribution in [2.45, 2.75) is 6.61 Å². The number of amides is 2. The molecular weight excluding hydrogens is 611 g/mol. The minimum atomic E-state index is -0.651. The number of hydrogen-bond acceptors (Lipinski definition) is 5. The zero-order valence-corrected chi connectivity index (χ0v) is 23.2. The molecule has 36 heavy (non-hydrogen) atoms. The van der Waals surface area contributed by atoms with E-state index in [1.165, 1.54) is 13.2 Å². The van der Waals surface area contributed by atoms with Gasteiger partial charge in [-0.2, -0.15) is 0 Å². The number of hydrogen-bond donors (Lipinski definition) is 1. The fourth-order valence-electron chi connectivity index (χ4n) is 3.37. The Hall–Kier alpha value is -2.62. The summed E-state index contributed by atoms with van der Waals surface area (Å²) in [5.74, 6) is -0.419. The van der Waals surface area contributed by atoms with E-state index in [0.717, 1.165) is 10.5 Å². The quantitative estimate of drug-likeness (QED) is 0.185. The van der Waals surface area contributed by atoms with Gasteiger partial charge in [-0.15, -0.1) is 0 Å². The summed E-state index contributed by atoms with van der Waals surface area (Å²) in [6.45, 7) is 0.286. The number of anilines is 1. The number of halogens is 4. The average molecular weight is 627 g/mol. The van der Waals surface area contributed by atoms with Crippen LogP contribution in [0.1, 0.15) is 11.1 Å². The fraction of sp³-hybridized carbons (Fsp3) is 0.0800. The highest BCUT2D eigenvalue weighted by molar-refractivity contribution is 9.10. The SMILES string of the molecule is COc1cc(/C=C2\C(=O)NC(=S)N(c3cccc(Cl)c3Cl)C2=O)c(Br)cc1OCc1ccc(Cl)cc1. The van der Waals surface area contributed by atoms with E-state index < -0.39 is 11.8 Å². The largest absolute Gasteiger partial charge is 0.493 e. The predicted octanol–water partition coefficient (Wildman–Crippen LogP) is 6.83. The third-order valence-corrected chi connectivity index (χ3v) is 7.20. The second-order valence-corrected chi connectivity index (χ2v) is 9.93. The molecule has 184 valence electrons. The van der Waals surface area contributed by atoms with Gasteiger partial charge in [0.2, 0.25) is 0 Å². The summed E-state index contributed by atoms with van der Waals surface area (Å²) >= 11 is 27.1. The van der Waals surface area contributed by atoms with Gasteiger partial charge < -0.3 is 9.47 Å². The first-order valence-electron chi connectivity index (χ1n) is 10.3. The number of thiocarbonyl (C=S) groups is 1. The van der Waals surface area contributed by atoms with Gasteiger partial charge in [0.1, 0.15) is 12.2 Å². The molecule has 1 saturated heterocycles. The van der Waals surface area contributed by atoms with Crippen molar-refractivity contribution in [2.75, 3.05) is 12.0 Å². The molecule has 1 fully saturated rings. The Morgan fingerprint density at radius 1 is 1.06 bits per heavy atom. The Balaban J connectivity index is 1.66. The Morgan fingerprint density at radius 3 is 2.47 bits per heavy atom. The van der Waals surface area contributed by atoms with Gasteiger partial charge >= 0.3 is 0 Å². The van der Waals surface area contributed by atoms with Gasteiger partial charge in [-0.05, 0) is 65.8 Å². The van der Waals surface area contributed by atoms with Crippen molar-refractivity contribution in [3.8, 4) is 11.5 Å². The molecule has 3 aromatic carbocycles. The number of nitrogens with zero attached hydrogens (tertiary/aromatic N) is 1. The highest BCUT2D eigenvalue weighted by atomic mass is 79.9. The van der Waals surface area contributed by atoms with Gasteiger partial charge in [0.15, 0.2) is 16.6 Å². The molecule has 2 amide bonds. The van der Waals surface area contributed by atoms with Crippen molar-refractivity contribution in [3.63, 3.8) is 0 Å². The number of ether oxygens (including phenoxy) is 2. The van der Waals surface area contributed by atoms with Crippen LogP contribution >= 0.6 is 63.0 Å². The Bertz CT molecular complexity index is 1410. The Labute approximate surface area is 235 Å². The molecule has 1 heterocycles. The van der Waals surface area contributed by atoms with Crippen LogP contribution in [0.2, 0.25) is 15.1 Å². The number of carbonyl (C=O) groups is 2. The molecule has 0 radical (unpaired) electrons. The van der Waals surface area contributed by atoms with Gasteiger partial charge in [-0.1, -0.05) is 68.9 Å². The molecule has 6 nitrogen and oxygen atoms in total. The van der Waals surface area contributed by atoms with Crippen molar-refractivity contribution in [1.82, 2.24) is 5.32 Å². The molecule has 0 unspecified atom stereocenters. The third-order valence-electron chi connectivity index (χ3n) is 5.16. The molecule has 0 atom stereocenters. The molecule has 0 aromatic heterocycles. The number of methoxy groups -OCH3 is 1. The molecular formula is C25H16BrCl3N2O4S. The maximum Gasteiger partial charge on any atom is 0.270 e. The number of nitrogens with one attached hydrogen (secondary N) is 1. The van der Waals surface area contributed by atoms with Crippen LogP contribution in [0.3, 0.4) is 0 Å². The third kappa shape index (κ3) is 5.53. The van der Waals surface area contributed by atoms with Gasteiger partial charge in [0.05, 0.1) is 22.8 Å². The molecule has 1 N–H and O–H groups in total. The molecule has 11 heteroatoms. The lowest BCUT2D eigenvalue weighted by Gasteiger charge is -2.29. The van der Waals surface area contributed by atoms with Crippen molar-refractivity contribution in [3.05, 3.63) is 90.8 Å². The summed E-state index contributed by atoms with van der Waals surface area (Å²) < 4.78 is 12.0. The van der Waals surface area contributed by atoms with Gasteiger partial charge in [-0.3, -0.25) is 19.8 Å². The topological polar surface area (TPSA) is 67.9 Å². The monoisotopic (exact) mass is 624 g/mol. The summed E-state index contributed by atoms with van der Waals surface area (Å²) in [5.41, 5.74) is 1.53. The molecule has 0 spiro atoms. The number of rotatable bonds is 6. The van der Waals surface area contributed by atoms with Crippen molar-refractivity contribution in [2.24, 2.45) is 0 Å². The van der Waals surface area contributed by atoms with Crippen LogP contribution in [-0.2, 0) is 16.2 Å². The van der Waals surface area contributed by atoms with Crippen molar-refractivity contribution < 1.29 is 19.1 Å². The van der Waals surface area contributed by atoms with Crippen LogP contribution in [0.4, 0.5) is 5.69 Å². The molecule has 0 saturated carbocycles. The van der Waals surface area contributed by atoms with Crippen LogP contribution in [0.5, 0.6) is 11.5 Å². The van der Waals surface area contributed by atoms with E-state index in [-0.39, 0.29) is 33.0 Å². The summed E-state index contributed by atoms with van der Waals surface area (Å²) in [6.07, 6.45) is 1.43. The van der Waals surface area contributed by atoms with E-state index in [2.05, 4.69) is 21.2 Å². The number of benzene rings is 3. The van der Waals surface area contributed by atoms with E-state index in [0.29, 0.717) is 26.6 Å². The molecule has 3 aromatic rings. The van der Waals surface area contributed by atoms with Crippen LogP contribution in [0.15, 0.2) is 64.6 Å². The highest BCUT2D eigenvalue weighted by Crippen LogP contribution is 2.37. The van der Waals surface area contributed by atoms with E-state index in [1.54, 1.807) is 42.5 Å². The first-order chi connectivity index (χ1) is 17.2. The second-order valence-electron chi connectivity index (χ2n) is 7.47. The average Bonchev–Trinajstić information content (AvgIpc) is 2.84. The predicted molar refractivity (Wildman–Crippen MR) is 149 cm³/mol. The first kappa shape index (κ1) is 26.4. The Morgan fingerprint density at radius 2 is 1.78 bits per heavy atom. The van der Waals surface area contributed by atoms with Crippen LogP contribution in [0.25, 0.3) is 6.08 Å². The summed E-state index contributed by atoms with van der Waals surface area (Å²) in [7, 11) is 1.50. The lowest BCUT2D eigenvalue weighted by Crippen LogP contribution is -2.54. The summed E-state index contributed by atoms with van der Waals surface area (Å²) in [4.78, 5) is 27.2. The zero-order valence-electron chi connectivity index (χ0n) is 18.5. The normalized spacial score (nSPS) is 14.8. The summed E-state index contributed by atoms with van der Waals surface area (Å²) in [5, 5.41) is 3.43. The van der Waals surface area contributed by atoms with E-state index >= 15 is 0 Å². The van der Waals surface area contributed by atoms with Crippen LogP contribution in [0, 0.1) is 0 Å². The molecule has 1 aliphatic heterocycles. The minimum absolute atomic E-state index is 0.103. The Kier molecular flexibility index (Phi) is 8.22. The summed E-state index contributed by atoms with van der Waals surface area (Å²) in [6, 6.07) is 15.4. The standard InChI is InChI=1S/C25H16BrCl3N2O4S/c1-34-20-10-14(17(26)11-21(20)35-12-13-5-7-15(27)8-6-13)9-16-23(32)30-25(36)31(24(16)33)19-4-2-3-18(28)22(19)29/h2-11H,12H2,1H3,(H,30,32,36)/b16-9+. The molecule has 4 rings (SSSR count). The maximum atomic E-state index is 13.4. The van der Waals surface area contributed by atoms with Gasteiger partial charge in [-0.25, -0.2) is 0 Å². The molecule has 0 bridgehead atoms. The molecule has 0 aliphatic carbocycles. The lowest BCUT2D eigenvalue weighted by molar-refractivity contribution is -0.122. The number of carbonyl (C=O) groups excluding carboxylic acids is 2. The maximum absolute atomic E-state index is 13.4. The van der Waals surface area contributed by atoms with E-state index in [4.69, 9.17) is 56.5 Å². The lowest BCUT2D eigenvalue weighted by atomic mass is 10.1. The minimum Gasteiger partial charge on any atom is -0.493 e. The van der Waals surface area contributed by atoms with Gasteiger partial charge in [0, 0.05) is 9.50 Å². The highest BCUT2D eigenvalue weighted by Gasteiger charge is 2.36. The van der Waals surface area contributed by atoms with Crippen LogP contribution in [-0.4, -0.2) is 24.0 Å². The van der Waals surface area contributed by atoms with Gasteiger partial charge in [0.25, 0.3) is 11.8 Å². The fourth-order valence-corrected chi connectivity index (χ4v) is 4.59. The first-order valence-corrected chi connectivity index (χ1v) is 12.6. The van der Waals surface area contributed by atoms with E-state index in [1.807, 2.05) is 12.1 Å². The van der Waals surface area contributed by atoms with E-state index in [9.17, 15) is 9.59 Å². The van der Waals surface area contributed by atoms with Crippen molar-refractivity contribution >= 4 is 91.6 Å². The molecule has 1 aliphatic rings. The smallest absolute Gasteiger partial charge is 0.270 e. The zero-order chi connectivity index (χ0) is 26.0. The van der Waals surface area contributed by atoms with Crippen LogP contribution < -0.4 is 19.7 Å². The second kappa shape index (κ2) is 11.2. The van der Waals surface area contributed by atoms with Crippen molar-refractivity contribution in [1.29, 1.82) is 0 Å².